The molecule has 2 aromatic rings. The van der Waals surface area contributed by atoms with Crippen molar-refractivity contribution in [2.75, 3.05) is 18.5 Å². The van der Waals surface area contributed by atoms with Gasteiger partial charge in [-0.15, -0.1) is 0 Å². The molecule has 2 rings (SSSR count). The van der Waals surface area contributed by atoms with E-state index < -0.39 is 18.2 Å². The molecular formula is C23H27NO6. The Bertz CT molecular complexity index is 819. The highest BCUT2D eigenvalue weighted by atomic mass is 16.6. The van der Waals surface area contributed by atoms with E-state index in [4.69, 9.17) is 19.7 Å². The third kappa shape index (κ3) is 7.97. The molecule has 7 heteroatoms. The van der Waals surface area contributed by atoms with Crippen LogP contribution in [0.5, 0.6) is 5.75 Å². The lowest BCUT2D eigenvalue weighted by molar-refractivity contribution is -0.131. The lowest BCUT2D eigenvalue weighted by atomic mass is 9.93. The Kier molecular flexibility index (Phi) is 9.40. The van der Waals surface area contributed by atoms with Gasteiger partial charge in [0.25, 0.3) is 0 Å². The first-order valence-corrected chi connectivity index (χ1v) is 9.75. The molecule has 0 saturated heterocycles. The zero-order valence-corrected chi connectivity index (χ0v) is 16.9. The molecule has 30 heavy (non-hydrogen) atoms. The molecule has 0 spiro atoms. The van der Waals surface area contributed by atoms with Crippen molar-refractivity contribution in [1.82, 2.24) is 0 Å². The van der Waals surface area contributed by atoms with E-state index >= 15 is 0 Å². The maximum absolute atomic E-state index is 12.5. The van der Waals surface area contributed by atoms with Gasteiger partial charge in [0.05, 0.1) is 6.61 Å². The van der Waals surface area contributed by atoms with Gasteiger partial charge in [-0.1, -0.05) is 43.3 Å². The summed E-state index contributed by atoms with van der Waals surface area (Å²) in [6, 6.07) is 16.2. The first kappa shape index (κ1) is 23.0. The van der Waals surface area contributed by atoms with Crippen molar-refractivity contribution in [2.45, 2.75) is 25.9 Å². The summed E-state index contributed by atoms with van der Waals surface area (Å²) < 4.78 is 11.1. The SMILES string of the molecule is C[C@@H](CC/C=C/C(=O)O)[C@@H](OC(=O)Nc1ccccc1)c1ccc(OCCO)cc1. The monoisotopic (exact) mass is 413 g/mol. The van der Waals surface area contributed by atoms with Gasteiger partial charge in [-0.25, -0.2) is 9.59 Å². The fourth-order valence-corrected chi connectivity index (χ4v) is 2.91. The summed E-state index contributed by atoms with van der Waals surface area (Å²) in [6.45, 7) is 2.07. The van der Waals surface area contributed by atoms with Gasteiger partial charge in [0, 0.05) is 11.8 Å². The van der Waals surface area contributed by atoms with Crippen molar-refractivity contribution < 1.29 is 29.3 Å². The Balaban J connectivity index is 2.10. The van der Waals surface area contributed by atoms with E-state index in [1.54, 1.807) is 30.3 Å². The number of carboxylic acids is 1. The first-order chi connectivity index (χ1) is 14.5. The van der Waals surface area contributed by atoms with Gasteiger partial charge in [-0.2, -0.15) is 0 Å². The molecular weight excluding hydrogens is 386 g/mol. The second-order valence-corrected chi connectivity index (χ2v) is 6.75. The van der Waals surface area contributed by atoms with E-state index in [1.165, 1.54) is 0 Å². The van der Waals surface area contributed by atoms with Crippen LogP contribution in [0.3, 0.4) is 0 Å². The highest BCUT2D eigenvalue weighted by Gasteiger charge is 2.23. The van der Waals surface area contributed by atoms with Crippen molar-refractivity contribution in [2.24, 2.45) is 5.92 Å². The number of para-hydroxylation sites is 1. The number of hydrogen-bond donors (Lipinski definition) is 3. The van der Waals surface area contributed by atoms with E-state index in [1.807, 2.05) is 37.3 Å². The molecule has 1 amide bonds. The van der Waals surface area contributed by atoms with E-state index in [-0.39, 0.29) is 19.1 Å². The highest BCUT2D eigenvalue weighted by Crippen LogP contribution is 2.31. The number of amides is 1. The minimum absolute atomic E-state index is 0.0609. The third-order valence-corrected chi connectivity index (χ3v) is 4.39. The Morgan fingerprint density at radius 3 is 2.43 bits per heavy atom. The molecule has 0 aliphatic carbocycles. The van der Waals surface area contributed by atoms with E-state index in [0.717, 1.165) is 11.6 Å². The summed E-state index contributed by atoms with van der Waals surface area (Å²) >= 11 is 0. The number of anilines is 1. The Morgan fingerprint density at radius 2 is 1.80 bits per heavy atom. The van der Waals surface area contributed by atoms with Crippen molar-refractivity contribution >= 4 is 17.7 Å². The number of ether oxygens (including phenoxy) is 2. The van der Waals surface area contributed by atoms with Gasteiger partial charge in [0.15, 0.2) is 0 Å². The van der Waals surface area contributed by atoms with Crippen LogP contribution in [0.15, 0.2) is 66.7 Å². The molecule has 0 radical (unpaired) electrons. The van der Waals surface area contributed by atoms with Crippen LogP contribution in [0, 0.1) is 5.92 Å². The zero-order chi connectivity index (χ0) is 21.8. The van der Waals surface area contributed by atoms with Crippen LogP contribution in [0.1, 0.15) is 31.4 Å². The molecule has 0 aliphatic heterocycles. The molecule has 2 aromatic carbocycles. The maximum atomic E-state index is 12.5. The predicted molar refractivity (Wildman–Crippen MR) is 113 cm³/mol. The lowest BCUT2D eigenvalue weighted by Gasteiger charge is -2.25. The molecule has 0 heterocycles. The number of allylic oxidation sites excluding steroid dienone is 1. The maximum Gasteiger partial charge on any atom is 0.412 e. The van der Waals surface area contributed by atoms with Crippen LogP contribution >= 0.6 is 0 Å². The molecule has 3 N–H and O–H groups in total. The molecule has 160 valence electrons. The van der Waals surface area contributed by atoms with Crippen molar-refractivity contribution in [3.63, 3.8) is 0 Å². The van der Waals surface area contributed by atoms with E-state index in [2.05, 4.69) is 5.32 Å². The molecule has 7 nitrogen and oxygen atoms in total. The normalized spacial score (nSPS) is 12.9. The summed E-state index contributed by atoms with van der Waals surface area (Å²) in [7, 11) is 0. The number of carboxylic acid groups (broad SMARTS) is 1. The number of carbonyl (C=O) groups excluding carboxylic acids is 1. The second-order valence-electron chi connectivity index (χ2n) is 6.75. The molecule has 0 aliphatic rings. The summed E-state index contributed by atoms with van der Waals surface area (Å²) in [5.74, 6) is -0.442. The second kappa shape index (κ2) is 12.3. The van der Waals surface area contributed by atoms with Crippen LogP contribution in [-0.2, 0) is 9.53 Å². The van der Waals surface area contributed by atoms with Gasteiger partial charge in [-0.05, 0) is 48.6 Å². The smallest absolute Gasteiger partial charge is 0.412 e. The average Bonchev–Trinajstić information content (AvgIpc) is 2.74. The topological polar surface area (TPSA) is 105 Å². The standard InChI is InChI=1S/C23H27NO6/c1-17(7-5-6-10-21(26)27)22(18-11-13-20(14-12-18)29-16-15-25)30-23(28)24-19-8-3-2-4-9-19/h2-4,6,8-14,17,22,25H,5,7,15-16H2,1H3,(H,24,28)(H,26,27)/b10-6+/t17-,22+/m0/s1. The summed E-state index contributed by atoms with van der Waals surface area (Å²) in [6.07, 6.45) is 2.78. The van der Waals surface area contributed by atoms with Gasteiger partial charge < -0.3 is 19.7 Å². The van der Waals surface area contributed by atoms with Crippen molar-refractivity contribution in [1.29, 1.82) is 0 Å². The molecule has 2 atom stereocenters. The molecule has 0 aromatic heterocycles. The minimum Gasteiger partial charge on any atom is -0.491 e. The number of carbonyl (C=O) groups is 2. The van der Waals surface area contributed by atoms with Gasteiger partial charge in [0.1, 0.15) is 18.5 Å². The van der Waals surface area contributed by atoms with Crippen LogP contribution in [0.4, 0.5) is 10.5 Å². The van der Waals surface area contributed by atoms with Crippen LogP contribution in [0.25, 0.3) is 0 Å². The summed E-state index contributed by atoms with van der Waals surface area (Å²) in [5, 5.41) is 20.3. The Hall–Kier alpha value is -3.32. The van der Waals surface area contributed by atoms with Gasteiger partial charge in [0.2, 0.25) is 0 Å². The summed E-state index contributed by atoms with van der Waals surface area (Å²) in [5.41, 5.74) is 1.43. The molecule has 0 unspecified atom stereocenters. The molecule has 0 saturated carbocycles. The fourth-order valence-electron chi connectivity index (χ4n) is 2.91. The van der Waals surface area contributed by atoms with Crippen molar-refractivity contribution in [3.8, 4) is 5.75 Å². The van der Waals surface area contributed by atoms with Gasteiger partial charge >= 0.3 is 12.1 Å². The number of benzene rings is 2. The highest BCUT2D eigenvalue weighted by molar-refractivity contribution is 5.84. The van der Waals surface area contributed by atoms with Crippen LogP contribution in [-0.4, -0.2) is 35.5 Å². The first-order valence-electron chi connectivity index (χ1n) is 9.75. The Morgan fingerprint density at radius 1 is 1.10 bits per heavy atom. The van der Waals surface area contributed by atoms with Gasteiger partial charge in [-0.3, -0.25) is 5.32 Å². The van der Waals surface area contributed by atoms with Crippen molar-refractivity contribution in [3.05, 3.63) is 72.3 Å². The zero-order valence-electron chi connectivity index (χ0n) is 16.9. The average molecular weight is 413 g/mol. The van der Waals surface area contributed by atoms with E-state index in [9.17, 15) is 9.59 Å². The Labute approximate surface area is 176 Å². The van der Waals surface area contributed by atoms with E-state index in [0.29, 0.717) is 24.3 Å². The van der Waals surface area contributed by atoms with Crippen LogP contribution in [0.2, 0.25) is 0 Å². The number of nitrogens with one attached hydrogen (secondary N) is 1. The lowest BCUT2D eigenvalue weighted by Crippen LogP contribution is -2.22. The quantitative estimate of drug-likeness (QED) is 0.472. The number of aliphatic carboxylic acids is 1. The number of aliphatic hydroxyl groups is 1. The molecule has 0 fully saturated rings. The largest absolute Gasteiger partial charge is 0.491 e. The third-order valence-electron chi connectivity index (χ3n) is 4.39. The predicted octanol–water partition coefficient (Wildman–Crippen LogP) is 4.40. The fraction of sp³-hybridized carbons (Fsp3) is 0.304. The number of hydrogen-bond acceptors (Lipinski definition) is 5. The minimum atomic E-state index is -0.990. The number of aliphatic hydroxyl groups excluding tert-OH is 1. The number of rotatable bonds is 11. The molecule has 0 bridgehead atoms. The summed E-state index contributed by atoms with van der Waals surface area (Å²) in [4.78, 5) is 23.1. The van der Waals surface area contributed by atoms with Crippen LogP contribution < -0.4 is 10.1 Å².